The molecule has 0 saturated heterocycles. The van der Waals surface area contributed by atoms with Crippen LogP contribution in [0.1, 0.15) is 18.4 Å². The van der Waals surface area contributed by atoms with E-state index < -0.39 is 0 Å². The fourth-order valence-corrected chi connectivity index (χ4v) is 2.15. The summed E-state index contributed by atoms with van der Waals surface area (Å²) in [5.74, 6) is 1.01. The van der Waals surface area contributed by atoms with Gasteiger partial charge in [-0.1, -0.05) is 0 Å². The number of ether oxygens (including phenoxy) is 1. The summed E-state index contributed by atoms with van der Waals surface area (Å²) in [6, 6.07) is 2.81. The van der Waals surface area contributed by atoms with Crippen LogP contribution in [-0.4, -0.2) is 18.3 Å². The molecule has 0 heterocycles. The third-order valence-corrected chi connectivity index (χ3v) is 3.22. The lowest BCUT2D eigenvalue weighted by atomic mass is 10.1. The van der Waals surface area contributed by atoms with Crippen LogP contribution < -0.4 is 4.74 Å². The normalized spacial score (nSPS) is 15.2. The first-order chi connectivity index (χ1) is 7.70. The maximum Gasteiger partial charge on any atom is 0.136 e. The fourth-order valence-electron chi connectivity index (χ4n) is 1.57. The molecule has 88 valence electrons. The summed E-state index contributed by atoms with van der Waals surface area (Å²) in [5.41, 5.74) is 0.718. The lowest BCUT2D eigenvalue weighted by molar-refractivity contribution is 0.280. The molecular weight excluding hydrogens is 275 g/mol. The van der Waals surface area contributed by atoms with Crippen molar-refractivity contribution in [3.05, 3.63) is 28.0 Å². The first kappa shape index (κ1) is 11.9. The van der Waals surface area contributed by atoms with Gasteiger partial charge in [0.05, 0.1) is 11.1 Å². The van der Waals surface area contributed by atoms with E-state index in [9.17, 15) is 4.39 Å². The Balaban J connectivity index is 2.16. The molecule has 0 unspecified atom stereocenters. The standard InChI is InChI=1S/C12H14BrFO2/c13-11-6-10(14)5-9(3-4-15)12(11)16-7-8-1-2-8/h5-6,8,15H,1-4,7H2. The molecule has 0 amide bonds. The summed E-state index contributed by atoms with van der Waals surface area (Å²) >= 11 is 3.29. The van der Waals surface area contributed by atoms with Crippen LogP contribution in [0.4, 0.5) is 4.39 Å². The zero-order chi connectivity index (χ0) is 11.5. The van der Waals surface area contributed by atoms with Gasteiger partial charge in [0.25, 0.3) is 0 Å². The average Bonchev–Trinajstić information content (AvgIpc) is 3.00. The minimum atomic E-state index is -0.311. The maximum absolute atomic E-state index is 13.2. The molecule has 0 aromatic heterocycles. The summed E-state index contributed by atoms with van der Waals surface area (Å²) < 4.78 is 19.5. The van der Waals surface area contributed by atoms with Crippen molar-refractivity contribution in [1.29, 1.82) is 0 Å². The van der Waals surface area contributed by atoms with Gasteiger partial charge < -0.3 is 9.84 Å². The number of rotatable bonds is 5. The van der Waals surface area contributed by atoms with E-state index in [0.717, 1.165) is 5.56 Å². The molecule has 1 aromatic rings. The molecular formula is C12H14BrFO2. The van der Waals surface area contributed by atoms with Crippen molar-refractivity contribution >= 4 is 15.9 Å². The summed E-state index contributed by atoms with van der Waals surface area (Å²) in [7, 11) is 0. The third kappa shape index (κ3) is 2.95. The SMILES string of the molecule is OCCc1cc(F)cc(Br)c1OCC1CC1. The zero-order valence-corrected chi connectivity index (χ0v) is 10.5. The molecule has 2 rings (SSSR count). The molecule has 1 saturated carbocycles. The van der Waals surface area contributed by atoms with E-state index in [1.807, 2.05) is 0 Å². The van der Waals surface area contributed by atoms with Crippen molar-refractivity contribution in [3.8, 4) is 5.75 Å². The Morgan fingerprint density at radius 2 is 2.19 bits per heavy atom. The van der Waals surface area contributed by atoms with E-state index in [-0.39, 0.29) is 12.4 Å². The van der Waals surface area contributed by atoms with Crippen molar-refractivity contribution in [1.82, 2.24) is 0 Å². The van der Waals surface area contributed by atoms with Crippen LogP contribution in [0, 0.1) is 11.7 Å². The number of benzene rings is 1. The van der Waals surface area contributed by atoms with Gasteiger partial charge in [0, 0.05) is 12.2 Å². The highest BCUT2D eigenvalue weighted by molar-refractivity contribution is 9.10. The Hall–Kier alpha value is -0.610. The Bertz CT molecular complexity index is 378. The van der Waals surface area contributed by atoms with Crippen molar-refractivity contribution in [2.24, 2.45) is 5.92 Å². The number of hydrogen-bond donors (Lipinski definition) is 1. The Morgan fingerprint density at radius 1 is 1.44 bits per heavy atom. The molecule has 2 nitrogen and oxygen atoms in total. The van der Waals surface area contributed by atoms with Gasteiger partial charge in [-0.05, 0) is 53.2 Å². The van der Waals surface area contributed by atoms with Gasteiger partial charge in [-0.25, -0.2) is 4.39 Å². The highest BCUT2D eigenvalue weighted by Gasteiger charge is 2.23. The van der Waals surface area contributed by atoms with Crippen LogP contribution in [0.2, 0.25) is 0 Å². The van der Waals surface area contributed by atoms with Crippen LogP contribution in [0.15, 0.2) is 16.6 Å². The second-order valence-corrected chi connectivity index (χ2v) is 4.96. The van der Waals surface area contributed by atoms with Crippen LogP contribution in [0.25, 0.3) is 0 Å². The maximum atomic E-state index is 13.2. The molecule has 1 aromatic carbocycles. The molecule has 16 heavy (non-hydrogen) atoms. The smallest absolute Gasteiger partial charge is 0.136 e. The molecule has 0 atom stereocenters. The van der Waals surface area contributed by atoms with E-state index in [1.165, 1.54) is 25.0 Å². The van der Waals surface area contributed by atoms with E-state index >= 15 is 0 Å². The number of halogens is 2. The highest BCUT2D eigenvalue weighted by atomic mass is 79.9. The molecule has 1 fully saturated rings. The van der Waals surface area contributed by atoms with Crippen LogP contribution in [-0.2, 0) is 6.42 Å². The number of hydrogen-bond acceptors (Lipinski definition) is 2. The topological polar surface area (TPSA) is 29.5 Å². The van der Waals surface area contributed by atoms with Crippen molar-refractivity contribution in [3.63, 3.8) is 0 Å². The quantitative estimate of drug-likeness (QED) is 0.903. The Labute approximate surface area is 103 Å². The lowest BCUT2D eigenvalue weighted by Crippen LogP contribution is -2.04. The summed E-state index contributed by atoms with van der Waals surface area (Å²) in [4.78, 5) is 0. The molecule has 0 aliphatic heterocycles. The molecule has 4 heteroatoms. The summed E-state index contributed by atoms with van der Waals surface area (Å²) in [5, 5.41) is 8.92. The second kappa shape index (κ2) is 5.15. The van der Waals surface area contributed by atoms with Gasteiger partial charge in [-0.3, -0.25) is 0 Å². The first-order valence-electron chi connectivity index (χ1n) is 5.42. The van der Waals surface area contributed by atoms with Crippen LogP contribution in [0.5, 0.6) is 5.75 Å². The zero-order valence-electron chi connectivity index (χ0n) is 8.88. The van der Waals surface area contributed by atoms with Gasteiger partial charge >= 0.3 is 0 Å². The van der Waals surface area contributed by atoms with Crippen LogP contribution in [0.3, 0.4) is 0 Å². The highest BCUT2D eigenvalue weighted by Crippen LogP contribution is 2.34. The van der Waals surface area contributed by atoms with Gasteiger partial charge in [0.15, 0.2) is 0 Å². The van der Waals surface area contributed by atoms with Crippen molar-refractivity contribution in [2.75, 3.05) is 13.2 Å². The molecule has 0 spiro atoms. The van der Waals surface area contributed by atoms with Gasteiger partial charge in [0.1, 0.15) is 11.6 Å². The monoisotopic (exact) mass is 288 g/mol. The van der Waals surface area contributed by atoms with E-state index in [1.54, 1.807) is 0 Å². The largest absolute Gasteiger partial charge is 0.492 e. The first-order valence-corrected chi connectivity index (χ1v) is 6.21. The number of aliphatic hydroxyl groups is 1. The van der Waals surface area contributed by atoms with Gasteiger partial charge in [-0.2, -0.15) is 0 Å². The molecule has 1 aliphatic rings. The summed E-state index contributed by atoms with van der Waals surface area (Å²) in [6.07, 6.45) is 2.85. The molecule has 1 N–H and O–H groups in total. The molecule has 0 radical (unpaired) electrons. The minimum absolute atomic E-state index is 0.00428. The Morgan fingerprint density at radius 3 is 2.81 bits per heavy atom. The second-order valence-electron chi connectivity index (χ2n) is 4.10. The average molecular weight is 289 g/mol. The lowest BCUT2D eigenvalue weighted by Gasteiger charge is -2.12. The van der Waals surface area contributed by atoms with E-state index in [2.05, 4.69) is 15.9 Å². The minimum Gasteiger partial charge on any atom is -0.492 e. The van der Waals surface area contributed by atoms with Crippen LogP contribution >= 0.6 is 15.9 Å². The fraction of sp³-hybridized carbons (Fsp3) is 0.500. The molecule has 0 bridgehead atoms. The van der Waals surface area contributed by atoms with Crippen molar-refractivity contribution < 1.29 is 14.2 Å². The van der Waals surface area contributed by atoms with E-state index in [4.69, 9.17) is 9.84 Å². The third-order valence-electron chi connectivity index (χ3n) is 2.63. The van der Waals surface area contributed by atoms with Crippen molar-refractivity contribution in [2.45, 2.75) is 19.3 Å². The van der Waals surface area contributed by atoms with Gasteiger partial charge in [0.2, 0.25) is 0 Å². The Kier molecular flexibility index (Phi) is 3.82. The predicted molar refractivity (Wildman–Crippen MR) is 63.1 cm³/mol. The molecule has 1 aliphatic carbocycles. The summed E-state index contributed by atoms with van der Waals surface area (Å²) in [6.45, 7) is 0.679. The van der Waals surface area contributed by atoms with Gasteiger partial charge in [-0.15, -0.1) is 0 Å². The predicted octanol–water partition coefficient (Wildman–Crippen LogP) is 2.91. The number of aliphatic hydroxyl groups excluding tert-OH is 1. The van der Waals surface area contributed by atoms with E-state index in [0.29, 0.717) is 29.2 Å².